The van der Waals surface area contributed by atoms with Gasteiger partial charge >= 0.3 is 0 Å². The summed E-state index contributed by atoms with van der Waals surface area (Å²) in [6.45, 7) is 0. The molecule has 0 aliphatic carbocycles. The highest BCUT2D eigenvalue weighted by Crippen LogP contribution is 2.51. The molecule has 0 bridgehead atoms. The van der Waals surface area contributed by atoms with Gasteiger partial charge in [-0.3, -0.25) is 0 Å². The van der Waals surface area contributed by atoms with Crippen molar-refractivity contribution in [3.8, 4) is 22.3 Å². The summed E-state index contributed by atoms with van der Waals surface area (Å²) in [5.41, 5.74) is 3.65. The van der Waals surface area contributed by atoms with Crippen LogP contribution in [0.2, 0.25) is 0 Å². The molecule has 0 saturated heterocycles. The van der Waals surface area contributed by atoms with Crippen LogP contribution in [0.15, 0.2) is 218 Å². The number of halogens is 4. The van der Waals surface area contributed by atoms with Crippen molar-refractivity contribution in [3.05, 3.63) is 242 Å². The predicted octanol–water partition coefficient (Wildman–Crippen LogP) is 17.7. The van der Waals surface area contributed by atoms with Gasteiger partial charge in [0.25, 0.3) is 0 Å². The Bertz CT molecular complexity index is 3570. The number of anilines is 6. The molecule has 12 rings (SSSR count). The van der Waals surface area contributed by atoms with Crippen LogP contribution in [0.25, 0.3) is 76.1 Å². The lowest BCUT2D eigenvalue weighted by Gasteiger charge is -2.31. The minimum absolute atomic E-state index is 0.213. The zero-order chi connectivity index (χ0) is 44.5. The van der Waals surface area contributed by atoms with Crippen molar-refractivity contribution in [2.45, 2.75) is 0 Å². The summed E-state index contributed by atoms with van der Waals surface area (Å²) in [7, 11) is 0. The summed E-state index contributed by atoms with van der Waals surface area (Å²) < 4.78 is 68.5. The maximum Gasteiger partial charge on any atom is 0.158 e. The van der Waals surface area contributed by atoms with E-state index < -0.39 is 23.3 Å². The molecule has 314 valence electrons. The first-order valence-electron chi connectivity index (χ1n) is 21.8. The van der Waals surface area contributed by atoms with Crippen LogP contribution in [-0.2, 0) is 0 Å². The molecular formula is C60H36F4N2. The van der Waals surface area contributed by atoms with Crippen LogP contribution >= 0.6 is 0 Å². The van der Waals surface area contributed by atoms with Gasteiger partial charge in [0.1, 0.15) is 23.0 Å². The van der Waals surface area contributed by atoms with Crippen LogP contribution in [-0.4, -0.2) is 0 Å². The minimum Gasteiger partial charge on any atom is -0.304 e. The van der Waals surface area contributed by atoms with Gasteiger partial charge in [-0.25, -0.2) is 17.6 Å². The maximum atomic E-state index is 17.5. The molecule has 0 aliphatic heterocycles. The Kier molecular flexibility index (Phi) is 9.28. The average Bonchev–Trinajstić information content (AvgIpc) is 3.36. The van der Waals surface area contributed by atoms with Crippen molar-refractivity contribution in [3.63, 3.8) is 0 Å². The topological polar surface area (TPSA) is 6.48 Å². The Morgan fingerprint density at radius 3 is 1.06 bits per heavy atom. The molecule has 0 unspecified atom stereocenters. The highest BCUT2D eigenvalue weighted by molar-refractivity contribution is 6.28. The second-order valence-electron chi connectivity index (χ2n) is 16.5. The zero-order valence-electron chi connectivity index (χ0n) is 35.2. The summed E-state index contributed by atoms with van der Waals surface area (Å²) >= 11 is 0. The Balaban J connectivity index is 1.16. The summed E-state index contributed by atoms with van der Waals surface area (Å²) in [6, 6.07) is 66.9. The summed E-state index contributed by atoms with van der Waals surface area (Å²) in [4.78, 5) is 3.41. The van der Waals surface area contributed by atoms with Crippen LogP contribution in [0.4, 0.5) is 51.7 Å². The number of rotatable bonds is 8. The summed E-state index contributed by atoms with van der Waals surface area (Å²) in [5, 5.41) is 8.37. The molecule has 2 nitrogen and oxygen atoms in total. The third-order valence-corrected chi connectivity index (χ3v) is 12.9. The van der Waals surface area contributed by atoms with Crippen molar-refractivity contribution in [1.29, 1.82) is 0 Å². The van der Waals surface area contributed by atoms with Crippen LogP contribution in [0.3, 0.4) is 0 Å². The van der Waals surface area contributed by atoms with E-state index in [2.05, 4.69) is 0 Å². The molecule has 0 radical (unpaired) electrons. The molecule has 0 atom stereocenters. The quantitative estimate of drug-likeness (QED) is 0.111. The Morgan fingerprint density at radius 1 is 0.258 bits per heavy atom. The van der Waals surface area contributed by atoms with Gasteiger partial charge in [-0.05, 0) is 92.0 Å². The molecule has 0 aliphatic rings. The fourth-order valence-electron chi connectivity index (χ4n) is 9.88. The normalized spacial score (nSPS) is 11.6. The first kappa shape index (κ1) is 39.1. The molecule has 6 heteroatoms. The first-order chi connectivity index (χ1) is 32.4. The lowest BCUT2D eigenvalue weighted by molar-refractivity contribution is 0.587. The average molecular weight is 861 g/mol. The van der Waals surface area contributed by atoms with E-state index in [0.29, 0.717) is 33.9 Å². The Labute approximate surface area is 377 Å². The molecule has 0 saturated carbocycles. The fraction of sp³-hybridized carbons (Fsp3) is 0. The van der Waals surface area contributed by atoms with Crippen molar-refractivity contribution in [2.24, 2.45) is 0 Å². The largest absolute Gasteiger partial charge is 0.304 e. The van der Waals surface area contributed by atoms with E-state index in [-0.39, 0.29) is 22.5 Å². The molecule has 0 spiro atoms. The minimum atomic E-state index is -0.722. The van der Waals surface area contributed by atoms with Crippen molar-refractivity contribution < 1.29 is 17.6 Å². The number of hydrogen-bond donors (Lipinski definition) is 0. The van der Waals surface area contributed by atoms with Crippen molar-refractivity contribution >= 4 is 88.0 Å². The standard InChI is InChI=1S/C60H36F4N2/c61-49-33-31-45(39-13-3-1-4-14-39)57(63)59(49)65(51-23-11-19-37-17-7-9-21-43(37)51)53-35-27-41-26-30-48-54(36-28-42-25-29-47(53)55(41)56(42)48)66(52-24-12-20-38-18-8-10-22-44(38)52)60-50(62)34-32-46(58(60)64)40-15-5-2-6-16-40/h1-36H. The van der Waals surface area contributed by atoms with Gasteiger partial charge in [0.15, 0.2) is 11.6 Å². The van der Waals surface area contributed by atoms with Gasteiger partial charge in [-0.1, -0.05) is 170 Å². The fourth-order valence-corrected chi connectivity index (χ4v) is 9.88. The number of benzene rings is 12. The van der Waals surface area contributed by atoms with Crippen LogP contribution in [0.1, 0.15) is 0 Å². The van der Waals surface area contributed by atoms with E-state index in [4.69, 9.17) is 0 Å². The molecule has 0 fully saturated rings. The van der Waals surface area contributed by atoms with E-state index in [0.717, 1.165) is 53.9 Å². The van der Waals surface area contributed by atoms with Gasteiger partial charge in [-0.15, -0.1) is 0 Å². The van der Waals surface area contributed by atoms with Gasteiger partial charge in [0.05, 0.1) is 22.7 Å². The van der Waals surface area contributed by atoms with Gasteiger partial charge in [-0.2, -0.15) is 0 Å². The third-order valence-electron chi connectivity index (χ3n) is 12.9. The lowest BCUT2D eigenvalue weighted by atomic mass is 9.91. The van der Waals surface area contributed by atoms with E-state index >= 15 is 17.6 Å². The van der Waals surface area contributed by atoms with Gasteiger partial charge < -0.3 is 9.80 Å². The lowest BCUT2D eigenvalue weighted by Crippen LogP contribution is -2.16. The summed E-state index contributed by atoms with van der Waals surface area (Å²) in [6.07, 6.45) is 0. The summed E-state index contributed by atoms with van der Waals surface area (Å²) in [5.74, 6) is -2.84. The Morgan fingerprint density at radius 2 is 0.621 bits per heavy atom. The van der Waals surface area contributed by atoms with E-state index in [1.807, 2.05) is 194 Å². The molecule has 12 aromatic carbocycles. The molecule has 0 aromatic heterocycles. The Hall–Kier alpha value is -8.48. The monoisotopic (exact) mass is 860 g/mol. The molecule has 66 heavy (non-hydrogen) atoms. The molecule has 0 amide bonds. The van der Waals surface area contributed by atoms with Crippen molar-refractivity contribution in [1.82, 2.24) is 0 Å². The molecule has 0 N–H and O–H groups in total. The van der Waals surface area contributed by atoms with Crippen LogP contribution in [0.5, 0.6) is 0 Å². The second-order valence-corrected chi connectivity index (χ2v) is 16.5. The predicted molar refractivity (Wildman–Crippen MR) is 265 cm³/mol. The number of hydrogen-bond acceptors (Lipinski definition) is 2. The first-order valence-corrected chi connectivity index (χ1v) is 21.8. The van der Waals surface area contributed by atoms with Gasteiger partial charge in [0, 0.05) is 32.7 Å². The SMILES string of the molecule is Fc1ccc(-c2ccccc2)c(F)c1N(c1cccc2ccccc12)c1ccc2ccc3c(N(c4c(F)ccc(-c5ccccc5)c4F)c4cccc5ccccc45)ccc4ccc1c2c43. The smallest absolute Gasteiger partial charge is 0.158 e. The van der Waals surface area contributed by atoms with E-state index in [1.165, 1.54) is 24.3 Å². The van der Waals surface area contributed by atoms with E-state index in [9.17, 15) is 0 Å². The second kappa shape index (κ2) is 15.6. The highest BCUT2D eigenvalue weighted by atomic mass is 19.1. The van der Waals surface area contributed by atoms with Gasteiger partial charge in [0.2, 0.25) is 0 Å². The van der Waals surface area contributed by atoms with Crippen LogP contribution < -0.4 is 9.80 Å². The number of fused-ring (bicyclic) bond motifs is 2. The highest BCUT2D eigenvalue weighted by Gasteiger charge is 2.30. The molecular weight excluding hydrogens is 825 g/mol. The van der Waals surface area contributed by atoms with E-state index in [1.54, 1.807) is 9.80 Å². The third kappa shape index (κ3) is 6.17. The zero-order valence-corrected chi connectivity index (χ0v) is 35.2. The molecule has 12 aromatic rings. The van der Waals surface area contributed by atoms with Crippen LogP contribution in [0, 0.1) is 23.3 Å². The maximum absolute atomic E-state index is 17.5. The van der Waals surface area contributed by atoms with Crippen molar-refractivity contribution in [2.75, 3.05) is 9.80 Å². The number of nitrogens with zero attached hydrogens (tertiary/aromatic N) is 2. The molecule has 0 heterocycles.